The highest BCUT2D eigenvalue weighted by atomic mass is 14.7. The fraction of sp³-hybridized carbons (Fsp3) is 0.750. The summed E-state index contributed by atoms with van der Waals surface area (Å²) in [5.41, 5.74) is 6.22. The lowest BCUT2D eigenvalue weighted by atomic mass is 9.79. The molecule has 0 radical (unpaired) electrons. The Morgan fingerprint density at radius 1 is 1.06 bits per heavy atom. The standard InChI is InChI=1S/C16H31N/c1-6-8-9-10-11-13-15(3,4)14-16(5,17)12-7-2/h7,11-13H,6,8-10,14,17H2,1-5H3/b12-7+,13-11+. The van der Waals surface area contributed by atoms with Crippen molar-refractivity contribution in [3.05, 3.63) is 24.3 Å². The summed E-state index contributed by atoms with van der Waals surface area (Å²) in [6, 6.07) is 0. The van der Waals surface area contributed by atoms with Crippen molar-refractivity contribution in [2.45, 2.75) is 72.3 Å². The summed E-state index contributed by atoms with van der Waals surface area (Å²) in [5, 5.41) is 0. The van der Waals surface area contributed by atoms with Gasteiger partial charge in [-0.05, 0) is 38.5 Å². The van der Waals surface area contributed by atoms with E-state index in [2.05, 4.69) is 45.9 Å². The predicted molar refractivity (Wildman–Crippen MR) is 79.1 cm³/mol. The van der Waals surface area contributed by atoms with Crippen molar-refractivity contribution in [1.82, 2.24) is 0 Å². The third kappa shape index (κ3) is 9.17. The topological polar surface area (TPSA) is 26.0 Å². The molecule has 0 saturated heterocycles. The van der Waals surface area contributed by atoms with Crippen molar-refractivity contribution in [2.75, 3.05) is 0 Å². The van der Waals surface area contributed by atoms with E-state index < -0.39 is 0 Å². The van der Waals surface area contributed by atoms with Gasteiger partial charge in [0.25, 0.3) is 0 Å². The van der Waals surface area contributed by atoms with Gasteiger partial charge in [-0.1, -0.05) is 57.9 Å². The van der Waals surface area contributed by atoms with Crippen LogP contribution >= 0.6 is 0 Å². The van der Waals surface area contributed by atoms with Crippen LogP contribution in [0.4, 0.5) is 0 Å². The van der Waals surface area contributed by atoms with Gasteiger partial charge in [-0.25, -0.2) is 0 Å². The van der Waals surface area contributed by atoms with Crippen molar-refractivity contribution < 1.29 is 0 Å². The van der Waals surface area contributed by atoms with Gasteiger partial charge >= 0.3 is 0 Å². The highest BCUT2D eigenvalue weighted by molar-refractivity contribution is 5.07. The van der Waals surface area contributed by atoms with Gasteiger partial charge in [0.15, 0.2) is 0 Å². The number of unbranched alkanes of at least 4 members (excludes halogenated alkanes) is 3. The lowest BCUT2D eigenvalue weighted by Gasteiger charge is -2.30. The number of nitrogens with two attached hydrogens (primary N) is 1. The van der Waals surface area contributed by atoms with Gasteiger partial charge in [0, 0.05) is 5.54 Å². The molecule has 0 aliphatic rings. The van der Waals surface area contributed by atoms with Crippen LogP contribution in [0, 0.1) is 5.41 Å². The minimum Gasteiger partial charge on any atom is -0.322 e. The number of rotatable bonds is 8. The van der Waals surface area contributed by atoms with Crippen molar-refractivity contribution in [2.24, 2.45) is 11.1 Å². The summed E-state index contributed by atoms with van der Waals surface area (Å²) >= 11 is 0. The van der Waals surface area contributed by atoms with E-state index in [1.165, 1.54) is 25.7 Å². The van der Waals surface area contributed by atoms with E-state index in [0.717, 1.165) is 6.42 Å². The Morgan fingerprint density at radius 2 is 1.71 bits per heavy atom. The fourth-order valence-corrected chi connectivity index (χ4v) is 2.39. The molecule has 0 spiro atoms. The maximum Gasteiger partial charge on any atom is 0.0318 e. The zero-order valence-corrected chi connectivity index (χ0v) is 12.4. The monoisotopic (exact) mass is 237 g/mol. The van der Waals surface area contributed by atoms with Crippen LogP contribution in [0.15, 0.2) is 24.3 Å². The van der Waals surface area contributed by atoms with E-state index in [0.29, 0.717) is 0 Å². The molecule has 0 fully saturated rings. The van der Waals surface area contributed by atoms with Crippen molar-refractivity contribution in [3.63, 3.8) is 0 Å². The third-order valence-corrected chi connectivity index (χ3v) is 2.93. The second-order valence-corrected chi connectivity index (χ2v) is 6.07. The molecule has 0 bridgehead atoms. The fourth-order valence-electron chi connectivity index (χ4n) is 2.39. The van der Waals surface area contributed by atoms with Crippen LogP contribution in [0.1, 0.15) is 66.7 Å². The molecule has 1 unspecified atom stereocenters. The third-order valence-electron chi connectivity index (χ3n) is 2.93. The van der Waals surface area contributed by atoms with Gasteiger partial charge in [-0.15, -0.1) is 0 Å². The Kier molecular flexibility index (Phi) is 7.45. The first-order valence-electron chi connectivity index (χ1n) is 6.93. The molecule has 0 aliphatic heterocycles. The Bertz CT molecular complexity index is 246. The summed E-state index contributed by atoms with van der Waals surface area (Å²) in [4.78, 5) is 0. The number of hydrogen-bond donors (Lipinski definition) is 1. The van der Waals surface area contributed by atoms with Crippen LogP contribution in [-0.4, -0.2) is 5.54 Å². The normalized spacial score (nSPS) is 16.8. The molecule has 0 aromatic rings. The highest BCUT2D eigenvalue weighted by Crippen LogP contribution is 2.29. The van der Waals surface area contributed by atoms with Crippen LogP contribution in [0.5, 0.6) is 0 Å². The van der Waals surface area contributed by atoms with Gasteiger partial charge in [0.2, 0.25) is 0 Å². The Balaban J connectivity index is 4.18. The summed E-state index contributed by atoms with van der Waals surface area (Å²) in [6.07, 6.45) is 14.9. The molecule has 17 heavy (non-hydrogen) atoms. The number of allylic oxidation sites excluding steroid dienone is 3. The molecule has 1 atom stereocenters. The van der Waals surface area contributed by atoms with E-state index in [1.54, 1.807) is 0 Å². The van der Waals surface area contributed by atoms with Gasteiger partial charge in [0.05, 0.1) is 0 Å². The predicted octanol–water partition coefficient (Wildman–Crippen LogP) is 4.83. The van der Waals surface area contributed by atoms with E-state index in [1.807, 2.05) is 13.0 Å². The Hall–Kier alpha value is -0.560. The van der Waals surface area contributed by atoms with Crippen LogP contribution < -0.4 is 5.73 Å². The lowest BCUT2D eigenvalue weighted by Crippen LogP contribution is -2.38. The molecular weight excluding hydrogens is 206 g/mol. The molecule has 1 nitrogen and oxygen atoms in total. The molecule has 0 saturated carbocycles. The second kappa shape index (κ2) is 7.71. The van der Waals surface area contributed by atoms with Crippen molar-refractivity contribution >= 4 is 0 Å². The molecule has 0 aliphatic carbocycles. The quantitative estimate of drug-likeness (QED) is 0.475. The van der Waals surface area contributed by atoms with Gasteiger partial charge in [-0.3, -0.25) is 0 Å². The lowest BCUT2D eigenvalue weighted by molar-refractivity contribution is 0.348. The molecule has 2 N–H and O–H groups in total. The molecule has 0 aromatic heterocycles. The number of hydrogen-bond acceptors (Lipinski definition) is 1. The molecule has 0 heterocycles. The van der Waals surface area contributed by atoms with Crippen LogP contribution in [0.2, 0.25) is 0 Å². The summed E-state index contributed by atoms with van der Waals surface area (Å²) in [5.74, 6) is 0. The van der Waals surface area contributed by atoms with E-state index >= 15 is 0 Å². The summed E-state index contributed by atoms with van der Waals surface area (Å²) < 4.78 is 0. The minimum absolute atomic E-state index is 0.176. The largest absolute Gasteiger partial charge is 0.322 e. The summed E-state index contributed by atoms with van der Waals surface area (Å²) in [7, 11) is 0. The van der Waals surface area contributed by atoms with Crippen LogP contribution in [0.3, 0.4) is 0 Å². The first-order valence-corrected chi connectivity index (χ1v) is 6.93. The zero-order chi connectivity index (χ0) is 13.4. The second-order valence-electron chi connectivity index (χ2n) is 6.07. The van der Waals surface area contributed by atoms with E-state index in [9.17, 15) is 0 Å². The molecule has 0 rings (SSSR count). The van der Waals surface area contributed by atoms with E-state index in [4.69, 9.17) is 5.73 Å². The Labute approximate surface area is 108 Å². The average molecular weight is 237 g/mol. The first-order chi connectivity index (χ1) is 7.83. The van der Waals surface area contributed by atoms with Crippen LogP contribution in [-0.2, 0) is 0 Å². The summed E-state index contributed by atoms with van der Waals surface area (Å²) in [6.45, 7) is 10.9. The minimum atomic E-state index is -0.202. The average Bonchev–Trinajstić information content (AvgIpc) is 2.15. The van der Waals surface area contributed by atoms with Crippen molar-refractivity contribution in [3.8, 4) is 0 Å². The molecule has 1 heteroatoms. The van der Waals surface area contributed by atoms with Crippen molar-refractivity contribution in [1.29, 1.82) is 0 Å². The molecule has 100 valence electrons. The smallest absolute Gasteiger partial charge is 0.0318 e. The van der Waals surface area contributed by atoms with Gasteiger partial charge in [-0.2, -0.15) is 0 Å². The zero-order valence-electron chi connectivity index (χ0n) is 12.4. The Morgan fingerprint density at radius 3 is 2.24 bits per heavy atom. The van der Waals surface area contributed by atoms with Gasteiger partial charge < -0.3 is 5.73 Å². The highest BCUT2D eigenvalue weighted by Gasteiger charge is 2.24. The molecule has 0 amide bonds. The van der Waals surface area contributed by atoms with Gasteiger partial charge in [0.1, 0.15) is 0 Å². The van der Waals surface area contributed by atoms with Crippen LogP contribution in [0.25, 0.3) is 0 Å². The maximum atomic E-state index is 6.24. The SMILES string of the molecule is C/C=C/C(C)(N)CC(C)(C)/C=C/CCCCC. The first kappa shape index (κ1) is 16.4. The van der Waals surface area contributed by atoms with E-state index in [-0.39, 0.29) is 11.0 Å². The molecular formula is C16H31N. The maximum absolute atomic E-state index is 6.24. The molecule has 0 aromatic carbocycles.